The molecule has 0 saturated heterocycles. The van der Waals surface area contributed by atoms with E-state index in [1.807, 2.05) is 13.8 Å². The summed E-state index contributed by atoms with van der Waals surface area (Å²) in [6, 6.07) is 8.31. The molecule has 88 valence electrons. The highest BCUT2D eigenvalue weighted by atomic mass is 32.2. The van der Waals surface area contributed by atoms with Gasteiger partial charge in [-0.15, -0.1) is 11.8 Å². The highest BCUT2D eigenvalue weighted by Crippen LogP contribution is 2.21. The molecule has 0 amide bonds. The number of hydrogen-bond acceptors (Lipinski definition) is 3. The van der Waals surface area contributed by atoms with E-state index in [2.05, 4.69) is 40.5 Å². The zero-order chi connectivity index (χ0) is 12.4. The summed E-state index contributed by atoms with van der Waals surface area (Å²) in [5.41, 5.74) is 3.19. The van der Waals surface area contributed by atoms with E-state index < -0.39 is 0 Å². The van der Waals surface area contributed by atoms with Crippen LogP contribution in [-0.4, -0.2) is 16.2 Å². The second-order valence-electron chi connectivity index (χ2n) is 3.87. The molecular formula is C13H14N2S2. The molecule has 0 aliphatic heterocycles. The molecule has 2 rings (SSSR count). The van der Waals surface area contributed by atoms with Gasteiger partial charge in [0.05, 0.1) is 0 Å². The Morgan fingerprint density at radius 3 is 2.35 bits per heavy atom. The van der Waals surface area contributed by atoms with Crippen LogP contribution in [0.4, 0.5) is 0 Å². The summed E-state index contributed by atoms with van der Waals surface area (Å²) < 4.78 is 0.671. The molecule has 0 unspecified atom stereocenters. The number of H-pyrrole nitrogens is 1. The molecule has 2 nitrogen and oxygen atoms in total. The quantitative estimate of drug-likeness (QED) is 0.651. The Labute approximate surface area is 111 Å². The lowest BCUT2D eigenvalue weighted by Gasteiger charge is -2.06. The lowest BCUT2D eigenvalue weighted by Crippen LogP contribution is -1.96. The fourth-order valence-electron chi connectivity index (χ4n) is 1.53. The zero-order valence-corrected chi connectivity index (χ0v) is 11.7. The van der Waals surface area contributed by atoms with Gasteiger partial charge in [0.25, 0.3) is 0 Å². The Balaban J connectivity index is 2.49. The second-order valence-corrected chi connectivity index (χ2v) is 5.14. The maximum absolute atomic E-state index is 5.24. The van der Waals surface area contributed by atoms with Crippen LogP contribution in [0.5, 0.6) is 0 Å². The van der Waals surface area contributed by atoms with Crippen molar-refractivity contribution in [2.45, 2.75) is 18.7 Å². The van der Waals surface area contributed by atoms with Crippen molar-refractivity contribution in [1.82, 2.24) is 9.97 Å². The smallest absolute Gasteiger partial charge is 0.139 e. The molecule has 0 fully saturated rings. The minimum atomic E-state index is 0.671. The number of benzene rings is 1. The van der Waals surface area contributed by atoms with E-state index in [1.54, 1.807) is 11.8 Å². The van der Waals surface area contributed by atoms with Crippen LogP contribution in [0.2, 0.25) is 0 Å². The van der Waals surface area contributed by atoms with Gasteiger partial charge in [-0.1, -0.05) is 24.4 Å². The van der Waals surface area contributed by atoms with Gasteiger partial charge in [-0.2, -0.15) is 0 Å². The minimum absolute atomic E-state index is 0.671. The first-order chi connectivity index (χ1) is 8.11. The number of rotatable bonds is 2. The highest BCUT2D eigenvalue weighted by Gasteiger charge is 2.03. The van der Waals surface area contributed by atoms with Crippen molar-refractivity contribution in [3.63, 3.8) is 0 Å². The van der Waals surface area contributed by atoms with Gasteiger partial charge < -0.3 is 4.98 Å². The first-order valence-corrected chi connectivity index (χ1v) is 6.97. The maximum Gasteiger partial charge on any atom is 0.139 e. The summed E-state index contributed by atoms with van der Waals surface area (Å²) in [6.45, 7) is 4.01. The van der Waals surface area contributed by atoms with Gasteiger partial charge in [-0.3, -0.25) is 0 Å². The molecule has 0 aliphatic rings. The summed E-state index contributed by atoms with van der Waals surface area (Å²) >= 11 is 6.97. The van der Waals surface area contributed by atoms with E-state index in [9.17, 15) is 0 Å². The van der Waals surface area contributed by atoms with Gasteiger partial charge in [0.15, 0.2) is 0 Å². The first-order valence-electron chi connectivity index (χ1n) is 5.34. The third-order valence-corrected chi connectivity index (χ3v) is 3.91. The molecule has 0 atom stereocenters. The third-order valence-electron chi connectivity index (χ3n) is 2.77. The monoisotopic (exact) mass is 262 g/mol. The van der Waals surface area contributed by atoms with Gasteiger partial charge in [-0.05, 0) is 32.2 Å². The van der Waals surface area contributed by atoms with E-state index >= 15 is 0 Å². The van der Waals surface area contributed by atoms with Gasteiger partial charge >= 0.3 is 0 Å². The summed E-state index contributed by atoms with van der Waals surface area (Å²) in [7, 11) is 0. The van der Waals surface area contributed by atoms with E-state index in [0.29, 0.717) is 4.64 Å². The van der Waals surface area contributed by atoms with Crippen LogP contribution in [0.3, 0.4) is 0 Å². The Bertz CT molecular complexity index is 585. The predicted molar refractivity (Wildman–Crippen MR) is 76.1 cm³/mol. The molecule has 0 radical (unpaired) electrons. The van der Waals surface area contributed by atoms with Crippen LogP contribution in [0.15, 0.2) is 29.2 Å². The van der Waals surface area contributed by atoms with E-state index in [-0.39, 0.29) is 0 Å². The Hall–Kier alpha value is -1.13. The van der Waals surface area contributed by atoms with E-state index in [1.165, 1.54) is 4.90 Å². The third kappa shape index (κ3) is 2.58. The molecule has 2 aromatic rings. The Kier molecular flexibility index (Phi) is 3.64. The van der Waals surface area contributed by atoms with Crippen LogP contribution in [0, 0.1) is 18.5 Å². The molecule has 0 bridgehead atoms. The Morgan fingerprint density at radius 1 is 1.18 bits per heavy atom. The van der Waals surface area contributed by atoms with Crippen molar-refractivity contribution in [2.75, 3.05) is 6.26 Å². The van der Waals surface area contributed by atoms with Crippen LogP contribution < -0.4 is 0 Å². The van der Waals surface area contributed by atoms with Gasteiger partial charge in [-0.25, -0.2) is 4.98 Å². The van der Waals surface area contributed by atoms with E-state index in [4.69, 9.17) is 12.2 Å². The predicted octanol–water partition coefficient (Wildman–Crippen LogP) is 4.14. The lowest BCUT2D eigenvalue weighted by molar-refractivity contribution is 1.06. The Morgan fingerprint density at radius 2 is 1.82 bits per heavy atom. The number of aromatic nitrogens is 2. The number of hydrogen-bond donors (Lipinski definition) is 1. The van der Waals surface area contributed by atoms with Crippen molar-refractivity contribution in [1.29, 1.82) is 0 Å². The normalized spacial score (nSPS) is 10.5. The van der Waals surface area contributed by atoms with Crippen LogP contribution >= 0.6 is 24.0 Å². The summed E-state index contributed by atoms with van der Waals surface area (Å²) in [5, 5.41) is 0. The first kappa shape index (κ1) is 12.3. The maximum atomic E-state index is 5.24. The summed E-state index contributed by atoms with van der Waals surface area (Å²) in [4.78, 5) is 8.94. The molecule has 1 N–H and O–H groups in total. The fraction of sp³-hybridized carbons (Fsp3) is 0.231. The molecular weight excluding hydrogens is 248 g/mol. The highest BCUT2D eigenvalue weighted by molar-refractivity contribution is 7.98. The van der Waals surface area contributed by atoms with Gasteiger partial charge in [0, 0.05) is 21.7 Å². The van der Waals surface area contributed by atoms with Crippen molar-refractivity contribution >= 4 is 24.0 Å². The average Bonchev–Trinajstić information content (AvgIpc) is 2.35. The molecule has 1 aromatic heterocycles. The molecule has 0 saturated carbocycles. The molecule has 1 aromatic carbocycles. The molecule has 0 spiro atoms. The number of thioether (sulfide) groups is 1. The number of nitrogens with one attached hydrogen (secondary N) is 1. The SMILES string of the molecule is CSc1ccc(-c2nc(=S)c(C)c(C)[nH]2)cc1. The van der Waals surface area contributed by atoms with Crippen LogP contribution in [0.1, 0.15) is 11.3 Å². The summed E-state index contributed by atoms with van der Waals surface area (Å²) in [6.07, 6.45) is 2.07. The molecule has 4 heteroatoms. The van der Waals surface area contributed by atoms with E-state index in [0.717, 1.165) is 22.6 Å². The zero-order valence-electron chi connectivity index (χ0n) is 10.1. The fourth-order valence-corrected chi connectivity index (χ4v) is 2.18. The topological polar surface area (TPSA) is 28.7 Å². The number of aromatic amines is 1. The van der Waals surface area contributed by atoms with Gasteiger partial charge in [0.1, 0.15) is 10.5 Å². The van der Waals surface area contributed by atoms with Gasteiger partial charge in [0.2, 0.25) is 0 Å². The van der Waals surface area contributed by atoms with Crippen molar-refractivity contribution in [3.05, 3.63) is 40.2 Å². The molecule has 17 heavy (non-hydrogen) atoms. The largest absolute Gasteiger partial charge is 0.343 e. The number of aryl methyl sites for hydroxylation is 1. The standard InChI is InChI=1S/C13H14N2S2/c1-8-9(2)14-12(15-13(8)16)10-4-6-11(17-3)7-5-10/h4-7H,1-3H3,(H,14,15,16). The summed E-state index contributed by atoms with van der Waals surface area (Å²) in [5.74, 6) is 0.839. The average molecular weight is 262 g/mol. The van der Waals surface area contributed by atoms with Crippen molar-refractivity contribution in [2.24, 2.45) is 0 Å². The van der Waals surface area contributed by atoms with Crippen molar-refractivity contribution < 1.29 is 0 Å². The van der Waals surface area contributed by atoms with Crippen LogP contribution in [0.25, 0.3) is 11.4 Å². The second kappa shape index (κ2) is 5.02. The molecule has 1 heterocycles. The molecule has 0 aliphatic carbocycles. The van der Waals surface area contributed by atoms with Crippen LogP contribution in [-0.2, 0) is 0 Å². The lowest BCUT2D eigenvalue weighted by atomic mass is 10.2. The minimum Gasteiger partial charge on any atom is -0.343 e. The number of nitrogens with zero attached hydrogens (tertiary/aromatic N) is 1. The van der Waals surface area contributed by atoms with Crippen molar-refractivity contribution in [3.8, 4) is 11.4 Å².